The Hall–Kier alpha value is -0.380. The lowest BCUT2D eigenvalue weighted by Crippen LogP contribution is -2.19. The van der Waals surface area contributed by atoms with Gasteiger partial charge in [-0.2, -0.15) is 4.89 Å². The molecule has 0 aromatic heterocycles. The van der Waals surface area contributed by atoms with Crippen molar-refractivity contribution in [1.29, 1.82) is 0 Å². The molecule has 3 heteroatoms. The van der Waals surface area contributed by atoms with Crippen molar-refractivity contribution >= 4 is 0 Å². The third-order valence-electron chi connectivity index (χ3n) is 1.34. The first-order valence-corrected chi connectivity index (χ1v) is 3.81. The van der Waals surface area contributed by atoms with Crippen molar-refractivity contribution < 1.29 is 15.3 Å². The molecule has 0 aromatic rings. The average Bonchev–Trinajstić information content (AvgIpc) is 1.98. The van der Waals surface area contributed by atoms with Gasteiger partial charge in [0.25, 0.3) is 0 Å². The maximum atomic E-state index is 10.5. The molecule has 0 saturated heterocycles. The summed E-state index contributed by atoms with van der Waals surface area (Å²) in [5.74, 6) is 0. The van der Waals surface area contributed by atoms with Crippen LogP contribution in [0.4, 0.5) is 0 Å². The topological polar surface area (TPSA) is 52.2 Å². The van der Waals surface area contributed by atoms with Crippen molar-refractivity contribution in [1.82, 2.24) is 0 Å². The van der Waals surface area contributed by atoms with E-state index in [0.29, 0.717) is 12.8 Å². The molecule has 0 aromatic carbocycles. The Morgan fingerprint density at radius 1 is 1.64 bits per heavy atom. The van der Waals surface area contributed by atoms with Gasteiger partial charge >= 0.3 is 0 Å². The molecule has 0 bridgehead atoms. The van der Waals surface area contributed by atoms with Gasteiger partial charge in [-0.15, -0.1) is 6.10 Å². The molecule has 1 radical (unpaired) electrons. The molecule has 0 heterocycles. The molecule has 0 N–H and O–H groups in total. The minimum absolute atomic E-state index is 0.381. The Morgan fingerprint density at radius 3 is 2.64 bits per heavy atom. The van der Waals surface area contributed by atoms with E-state index in [1.165, 1.54) is 0 Å². The highest BCUT2D eigenvalue weighted by atomic mass is 17.1. The van der Waals surface area contributed by atoms with Crippen LogP contribution in [0.15, 0.2) is 12.2 Å². The zero-order chi connectivity index (χ0) is 8.69. The largest absolute Gasteiger partial charge is 0.852 e. The lowest BCUT2D eigenvalue weighted by Gasteiger charge is -2.12. The van der Waals surface area contributed by atoms with Crippen LogP contribution in [0.1, 0.15) is 26.7 Å². The van der Waals surface area contributed by atoms with Crippen molar-refractivity contribution in [2.75, 3.05) is 0 Å². The van der Waals surface area contributed by atoms with Gasteiger partial charge in [0.15, 0.2) is 0 Å². The van der Waals surface area contributed by atoms with E-state index in [1.807, 2.05) is 6.92 Å². The van der Waals surface area contributed by atoms with E-state index in [2.05, 4.69) is 4.89 Å². The van der Waals surface area contributed by atoms with Gasteiger partial charge in [0.1, 0.15) is 6.10 Å². The van der Waals surface area contributed by atoms with Gasteiger partial charge in [-0.1, -0.05) is 26.0 Å². The van der Waals surface area contributed by atoms with Crippen LogP contribution in [0.3, 0.4) is 0 Å². The van der Waals surface area contributed by atoms with E-state index < -0.39 is 6.10 Å². The Labute approximate surface area is 67.2 Å². The first-order chi connectivity index (χ1) is 5.20. The Morgan fingerprint density at radius 2 is 2.27 bits per heavy atom. The van der Waals surface area contributed by atoms with E-state index >= 15 is 0 Å². The number of hydrogen-bond acceptors (Lipinski definition) is 2. The molecular formula is C8H14O3-. The van der Waals surface area contributed by atoms with E-state index in [0.717, 1.165) is 0 Å². The minimum atomic E-state index is -0.601. The molecule has 0 aliphatic rings. The molecule has 0 amide bonds. The summed E-state index contributed by atoms with van der Waals surface area (Å²) in [5, 5.41) is 20.4. The smallest absolute Gasteiger partial charge is 0.114 e. The molecule has 0 saturated carbocycles. The molecule has 0 aliphatic heterocycles. The fourth-order valence-corrected chi connectivity index (χ4v) is 0.658. The SMILES string of the molecule is CCC(/C=C/CC(C)[O-])O[O]. The summed E-state index contributed by atoms with van der Waals surface area (Å²) in [6, 6.07) is 0. The van der Waals surface area contributed by atoms with Crippen LogP contribution in [-0.2, 0) is 10.1 Å². The van der Waals surface area contributed by atoms with Gasteiger partial charge in [0, 0.05) is 0 Å². The zero-order valence-electron chi connectivity index (χ0n) is 6.95. The Bertz CT molecular complexity index is 106. The van der Waals surface area contributed by atoms with Crippen LogP contribution in [0, 0.1) is 0 Å². The van der Waals surface area contributed by atoms with Crippen molar-refractivity contribution in [2.24, 2.45) is 0 Å². The number of rotatable bonds is 5. The number of hydrogen-bond donors (Lipinski definition) is 0. The van der Waals surface area contributed by atoms with Gasteiger partial charge in [0.05, 0.1) is 0 Å². The van der Waals surface area contributed by atoms with Crippen LogP contribution in [-0.4, -0.2) is 12.2 Å². The quantitative estimate of drug-likeness (QED) is 0.338. The van der Waals surface area contributed by atoms with Gasteiger partial charge in [0.2, 0.25) is 0 Å². The summed E-state index contributed by atoms with van der Waals surface area (Å²) < 4.78 is 0. The summed E-state index contributed by atoms with van der Waals surface area (Å²) in [6.07, 6.45) is 3.46. The summed E-state index contributed by atoms with van der Waals surface area (Å²) in [7, 11) is 0. The lowest BCUT2D eigenvalue weighted by atomic mass is 10.2. The summed E-state index contributed by atoms with van der Waals surface area (Å²) in [6.45, 7) is 3.44. The highest BCUT2D eigenvalue weighted by Gasteiger charge is 1.98. The van der Waals surface area contributed by atoms with Crippen LogP contribution in [0.2, 0.25) is 0 Å². The van der Waals surface area contributed by atoms with Crippen LogP contribution in [0.5, 0.6) is 0 Å². The molecule has 2 unspecified atom stereocenters. The van der Waals surface area contributed by atoms with Crippen LogP contribution >= 0.6 is 0 Å². The molecule has 11 heavy (non-hydrogen) atoms. The van der Waals surface area contributed by atoms with Crippen molar-refractivity contribution in [2.45, 2.75) is 38.9 Å². The average molecular weight is 158 g/mol. The highest BCUT2D eigenvalue weighted by Crippen LogP contribution is 1.99. The Kier molecular flexibility index (Phi) is 6.12. The van der Waals surface area contributed by atoms with Crippen LogP contribution in [0.25, 0.3) is 0 Å². The molecule has 0 fully saturated rings. The second kappa shape index (κ2) is 6.34. The van der Waals surface area contributed by atoms with E-state index in [4.69, 9.17) is 0 Å². The van der Waals surface area contributed by atoms with Gasteiger partial charge in [-0.05, 0) is 18.1 Å². The predicted molar refractivity (Wildman–Crippen MR) is 39.1 cm³/mol. The first-order valence-electron chi connectivity index (χ1n) is 3.81. The normalized spacial score (nSPS) is 17.1. The van der Waals surface area contributed by atoms with Gasteiger partial charge in [-0.25, -0.2) is 0 Å². The summed E-state index contributed by atoms with van der Waals surface area (Å²) in [5.41, 5.74) is 0. The molecule has 0 aliphatic carbocycles. The van der Waals surface area contributed by atoms with E-state index in [-0.39, 0.29) is 6.10 Å². The summed E-state index contributed by atoms with van der Waals surface area (Å²) in [4.78, 5) is 3.84. The van der Waals surface area contributed by atoms with Crippen LogP contribution < -0.4 is 5.11 Å². The van der Waals surface area contributed by atoms with E-state index in [9.17, 15) is 10.4 Å². The maximum absolute atomic E-state index is 10.5. The standard InChI is InChI=1S/C8H14O3/c1-3-8(11-10)6-4-5-7(2)9/h4,6-8H,3,5H2,1-2H3/q-1/b6-4+. The first kappa shape index (κ1) is 10.6. The predicted octanol–water partition coefficient (Wildman–Crippen LogP) is 0.822. The second-order valence-corrected chi connectivity index (χ2v) is 2.52. The third kappa shape index (κ3) is 6.04. The molecule has 65 valence electrons. The summed E-state index contributed by atoms with van der Waals surface area (Å²) >= 11 is 0. The molecular weight excluding hydrogens is 144 g/mol. The molecule has 2 atom stereocenters. The second-order valence-electron chi connectivity index (χ2n) is 2.52. The highest BCUT2D eigenvalue weighted by molar-refractivity contribution is 4.89. The monoisotopic (exact) mass is 158 g/mol. The minimum Gasteiger partial charge on any atom is -0.852 e. The van der Waals surface area contributed by atoms with Gasteiger partial charge in [-0.3, -0.25) is 0 Å². The van der Waals surface area contributed by atoms with Crippen molar-refractivity contribution in [3.8, 4) is 0 Å². The Balaban J connectivity index is 3.53. The maximum Gasteiger partial charge on any atom is 0.114 e. The van der Waals surface area contributed by atoms with Crippen molar-refractivity contribution in [3.05, 3.63) is 12.2 Å². The molecule has 0 rings (SSSR count). The fourth-order valence-electron chi connectivity index (χ4n) is 0.658. The molecule has 3 nitrogen and oxygen atoms in total. The fraction of sp³-hybridized carbons (Fsp3) is 0.750. The van der Waals surface area contributed by atoms with Gasteiger partial charge < -0.3 is 5.11 Å². The van der Waals surface area contributed by atoms with Crippen molar-refractivity contribution in [3.63, 3.8) is 0 Å². The lowest BCUT2D eigenvalue weighted by molar-refractivity contribution is -0.412. The third-order valence-corrected chi connectivity index (χ3v) is 1.34. The zero-order valence-corrected chi connectivity index (χ0v) is 6.95. The molecule has 0 spiro atoms. The van der Waals surface area contributed by atoms with E-state index in [1.54, 1.807) is 19.1 Å².